The molecule has 0 aliphatic carbocycles. The molecule has 0 fully saturated rings. The largest absolute Gasteiger partial charge is 0.483 e. The third-order valence-electron chi connectivity index (χ3n) is 3.08. The fraction of sp³-hybridized carbons (Fsp3) is 0.267. The summed E-state index contributed by atoms with van der Waals surface area (Å²) in [5, 5.41) is 0. The molecule has 0 saturated heterocycles. The number of nitrogens with two attached hydrogens (primary N) is 3. The minimum atomic E-state index is -0.538. The molecule has 1 aromatic heterocycles. The lowest BCUT2D eigenvalue weighted by molar-refractivity contribution is -0.119. The number of rotatable bonds is 6. The van der Waals surface area contributed by atoms with Gasteiger partial charge in [0.2, 0.25) is 5.95 Å². The van der Waals surface area contributed by atoms with E-state index in [0.717, 1.165) is 9.13 Å². The van der Waals surface area contributed by atoms with Gasteiger partial charge in [-0.15, -0.1) is 0 Å². The zero-order valence-electron chi connectivity index (χ0n) is 13.2. The predicted octanol–water partition coefficient (Wildman–Crippen LogP) is 2.03. The molecular formula is C15H18IN5O3. The summed E-state index contributed by atoms with van der Waals surface area (Å²) >= 11 is 2.09. The predicted molar refractivity (Wildman–Crippen MR) is 98.9 cm³/mol. The molecule has 0 unspecified atom stereocenters. The van der Waals surface area contributed by atoms with Gasteiger partial charge >= 0.3 is 0 Å². The Hall–Kier alpha value is -2.30. The summed E-state index contributed by atoms with van der Waals surface area (Å²) in [5.74, 6) is 1.31. The molecular weight excluding hydrogens is 425 g/mol. The van der Waals surface area contributed by atoms with Gasteiger partial charge < -0.3 is 26.7 Å². The van der Waals surface area contributed by atoms with Crippen molar-refractivity contribution in [2.45, 2.75) is 19.8 Å². The molecule has 6 N–H and O–H groups in total. The number of nitrogen functional groups attached to an aromatic ring is 2. The van der Waals surface area contributed by atoms with Crippen LogP contribution in [0, 0.1) is 3.57 Å². The Balaban J connectivity index is 2.38. The lowest BCUT2D eigenvalue weighted by Crippen LogP contribution is -2.20. The van der Waals surface area contributed by atoms with Crippen molar-refractivity contribution in [3.05, 3.63) is 27.5 Å². The highest BCUT2D eigenvalue weighted by atomic mass is 127. The normalized spacial score (nSPS) is 10.7. The van der Waals surface area contributed by atoms with Crippen LogP contribution in [-0.4, -0.2) is 22.5 Å². The van der Waals surface area contributed by atoms with Gasteiger partial charge in [0.15, 0.2) is 18.2 Å². The van der Waals surface area contributed by atoms with Crippen molar-refractivity contribution in [2.24, 2.45) is 5.73 Å². The summed E-state index contributed by atoms with van der Waals surface area (Å²) in [6, 6.07) is 3.61. The number of ether oxygens (including phenoxy) is 2. The molecule has 8 nitrogen and oxygen atoms in total. The number of hydrogen-bond acceptors (Lipinski definition) is 7. The Kier molecular flexibility index (Phi) is 5.65. The van der Waals surface area contributed by atoms with Gasteiger partial charge in [0.05, 0.1) is 9.77 Å². The lowest BCUT2D eigenvalue weighted by atomic mass is 10.0. The van der Waals surface area contributed by atoms with E-state index in [9.17, 15) is 4.79 Å². The van der Waals surface area contributed by atoms with Gasteiger partial charge in [-0.2, -0.15) is 4.98 Å². The van der Waals surface area contributed by atoms with Crippen LogP contribution in [0.25, 0.3) is 0 Å². The molecule has 0 aliphatic rings. The highest BCUT2D eigenvalue weighted by Gasteiger charge is 2.16. The maximum Gasteiger partial charge on any atom is 0.255 e. The molecule has 9 heteroatoms. The van der Waals surface area contributed by atoms with E-state index in [0.29, 0.717) is 17.2 Å². The second kappa shape index (κ2) is 7.51. The van der Waals surface area contributed by atoms with Crippen molar-refractivity contribution in [1.29, 1.82) is 0 Å². The van der Waals surface area contributed by atoms with E-state index >= 15 is 0 Å². The first-order valence-corrected chi connectivity index (χ1v) is 8.16. The number of aromatic nitrogens is 2. The third-order valence-corrected chi connectivity index (χ3v) is 3.92. The Bertz CT molecular complexity index is 767. The van der Waals surface area contributed by atoms with Gasteiger partial charge in [0, 0.05) is 5.56 Å². The number of carbonyl (C=O) groups is 1. The molecule has 1 aromatic carbocycles. The average molecular weight is 443 g/mol. The first kappa shape index (κ1) is 18.0. The average Bonchev–Trinajstić information content (AvgIpc) is 2.48. The topological polar surface area (TPSA) is 139 Å². The molecule has 1 heterocycles. The first-order valence-electron chi connectivity index (χ1n) is 7.08. The van der Waals surface area contributed by atoms with Crippen LogP contribution in [0.4, 0.5) is 11.8 Å². The van der Waals surface area contributed by atoms with Gasteiger partial charge in [0.25, 0.3) is 5.91 Å². The van der Waals surface area contributed by atoms with Gasteiger partial charge in [0.1, 0.15) is 11.5 Å². The Morgan fingerprint density at radius 3 is 2.54 bits per heavy atom. The van der Waals surface area contributed by atoms with E-state index in [4.69, 9.17) is 26.7 Å². The summed E-state index contributed by atoms with van der Waals surface area (Å²) in [4.78, 5) is 18.7. The Morgan fingerprint density at radius 1 is 1.25 bits per heavy atom. The summed E-state index contributed by atoms with van der Waals surface area (Å²) in [6.07, 6.45) is 1.42. The van der Waals surface area contributed by atoms with E-state index in [2.05, 4.69) is 32.6 Å². The molecule has 128 valence electrons. The molecule has 0 radical (unpaired) electrons. The van der Waals surface area contributed by atoms with Crippen LogP contribution in [0.3, 0.4) is 0 Å². The summed E-state index contributed by atoms with van der Waals surface area (Å²) in [6.45, 7) is 3.83. The molecule has 1 amide bonds. The third kappa shape index (κ3) is 4.37. The second-order valence-electron chi connectivity index (χ2n) is 5.31. The minimum Gasteiger partial charge on any atom is -0.483 e. The zero-order valence-corrected chi connectivity index (χ0v) is 15.4. The Labute approximate surface area is 152 Å². The van der Waals surface area contributed by atoms with E-state index in [-0.39, 0.29) is 24.3 Å². The van der Waals surface area contributed by atoms with E-state index in [1.807, 2.05) is 19.9 Å². The summed E-state index contributed by atoms with van der Waals surface area (Å²) < 4.78 is 12.1. The van der Waals surface area contributed by atoms with E-state index in [1.54, 1.807) is 6.07 Å². The molecule has 2 rings (SSSR count). The molecule has 2 aromatic rings. The SMILES string of the molecule is CC(C)c1cc(OCC(N)=O)c(I)cc1Oc1cnc(N)nc1N. The highest BCUT2D eigenvalue weighted by molar-refractivity contribution is 14.1. The number of primary amides is 1. The summed E-state index contributed by atoms with van der Waals surface area (Å²) in [5.41, 5.74) is 17.3. The zero-order chi connectivity index (χ0) is 17.9. The maximum absolute atomic E-state index is 10.9. The van der Waals surface area contributed by atoms with Crippen LogP contribution in [-0.2, 0) is 4.79 Å². The van der Waals surface area contributed by atoms with Crippen LogP contribution in [0.1, 0.15) is 25.3 Å². The quantitative estimate of drug-likeness (QED) is 0.581. The fourth-order valence-corrected chi connectivity index (χ4v) is 2.54. The van der Waals surface area contributed by atoms with Crippen LogP contribution < -0.4 is 26.7 Å². The van der Waals surface area contributed by atoms with E-state index in [1.165, 1.54) is 6.20 Å². The van der Waals surface area contributed by atoms with Crippen molar-refractivity contribution in [3.8, 4) is 17.2 Å². The van der Waals surface area contributed by atoms with Crippen molar-refractivity contribution in [3.63, 3.8) is 0 Å². The monoisotopic (exact) mass is 443 g/mol. The van der Waals surface area contributed by atoms with Gasteiger partial charge in [-0.1, -0.05) is 13.8 Å². The van der Waals surface area contributed by atoms with Crippen LogP contribution in [0.2, 0.25) is 0 Å². The number of hydrogen-bond donors (Lipinski definition) is 3. The smallest absolute Gasteiger partial charge is 0.255 e. The number of amides is 1. The molecule has 0 atom stereocenters. The number of halogens is 1. The fourth-order valence-electron chi connectivity index (χ4n) is 1.95. The van der Waals surface area contributed by atoms with Crippen LogP contribution >= 0.6 is 22.6 Å². The van der Waals surface area contributed by atoms with Crippen LogP contribution in [0.15, 0.2) is 18.3 Å². The standard InChI is InChI=1S/C15H18IN5O3/c1-7(2)8-3-11(23-6-13(17)22)9(16)4-10(8)24-12-5-20-15(19)21-14(12)18/h3-5,7H,6H2,1-2H3,(H2,17,22)(H4,18,19,20,21). The number of anilines is 2. The molecule has 0 aliphatic heterocycles. The minimum absolute atomic E-state index is 0.0775. The van der Waals surface area contributed by atoms with Crippen molar-refractivity contribution >= 4 is 40.3 Å². The van der Waals surface area contributed by atoms with E-state index < -0.39 is 5.91 Å². The maximum atomic E-state index is 10.9. The van der Waals surface area contributed by atoms with Gasteiger partial charge in [-0.25, -0.2) is 4.98 Å². The van der Waals surface area contributed by atoms with Crippen LogP contribution in [0.5, 0.6) is 17.2 Å². The highest BCUT2D eigenvalue weighted by Crippen LogP contribution is 2.37. The van der Waals surface area contributed by atoms with Crippen molar-refractivity contribution < 1.29 is 14.3 Å². The number of nitrogens with zero attached hydrogens (tertiary/aromatic N) is 2. The van der Waals surface area contributed by atoms with Gasteiger partial charge in [-0.05, 0) is 40.6 Å². The molecule has 24 heavy (non-hydrogen) atoms. The molecule has 0 spiro atoms. The Morgan fingerprint density at radius 2 is 1.96 bits per heavy atom. The first-order chi connectivity index (χ1) is 11.3. The number of benzene rings is 1. The number of carbonyl (C=O) groups excluding carboxylic acids is 1. The van der Waals surface area contributed by atoms with Crippen molar-refractivity contribution in [1.82, 2.24) is 9.97 Å². The lowest BCUT2D eigenvalue weighted by Gasteiger charge is -2.17. The van der Waals surface area contributed by atoms with Gasteiger partial charge in [-0.3, -0.25) is 4.79 Å². The second-order valence-corrected chi connectivity index (χ2v) is 6.47. The van der Waals surface area contributed by atoms with Crippen molar-refractivity contribution in [2.75, 3.05) is 18.1 Å². The molecule has 0 bridgehead atoms. The molecule has 0 saturated carbocycles. The summed E-state index contributed by atoms with van der Waals surface area (Å²) in [7, 11) is 0.